The van der Waals surface area contributed by atoms with Gasteiger partial charge >= 0.3 is 6.09 Å². The van der Waals surface area contributed by atoms with Gasteiger partial charge in [-0.15, -0.1) is 11.8 Å². The molecule has 1 heterocycles. The maximum Gasteiger partial charge on any atom is 0.434 e. The van der Waals surface area contributed by atoms with Crippen molar-refractivity contribution in [2.24, 2.45) is 9.98 Å². The Morgan fingerprint density at radius 1 is 1.23 bits per heavy atom. The molecule has 0 spiro atoms. The highest BCUT2D eigenvalue weighted by atomic mass is 32.2. The summed E-state index contributed by atoms with van der Waals surface area (Å²) in [4.78, 5) is 24.1. The Bertz CT molecular complexity index is 1130. The summed E-state index contributed by atoms with van der Waals surface area (Å²) in [5.74, 6) is 0.0919. The Hall–Kier alpha value is -3.53. The van der Waals surface area contributed by atoms with Crippen LogP contribution in [0.2, 0.25) is 0 Å². The minimum absolute atomic E-state index is 0.00938. The van der Waals surface area contributed by atoms with Crippen LogP contribution in [-0.4, -0.2) is 45.5 Å². The predicted molar refractivity (Wildman–Crippen MR) is 112 cm³/mol. The maximum atomic E-state index is 14.5. The lowest BCUT2D eigenvalue weighted by Gasteiger charge is -2.10. The summed E-state index contributed by atoms with van der Waals surface area (Å²) in [7, 11) is 1.19. The van der Waals surface area contributed by atoms with Gasteiger partial charge in [0.15, 0.2) is 0 Å². The Morgan fingerprint density at radius 2 is 1.97 bits per heavy atom. The van der Waals surface area contributed by atoms with Crippen LogP contribution in [0.3, 0.4) is 0 Å². The fourth-order valence-electron chi connectivity index (χ4n) is 2.47. The lowest BCUT2D eigenvalue weighted by atomic mass is 10.1. The van der Waals surface area contributed by atoms with E-state index < -0.39 is 11.9 Å². The summed E-state index contributed by atoms with van der Waals surface area (Å²) >= 11 is 1.09. The molecule has 0 aliphatic heterocycles. The number of aryl methyl sites for hydroxylation is 1. The largest absolute Gasteiger partial charge is 0.508 e. The number of amides is 1. The molecule has 2 aromatic carbocycles. The molecular weight excluding hydrogens is 411 g/mol. The van der Waals surface area contributed by atoms with Gasteiger partial charge in [-0.3, -0.25) is 0 Å². The van der Waals surface area contributed by atoms with Crippen molar-refractivity contribution in [3.05, 3.63) is 59.7 Å². The van der Waals surface area contributed by atoms with E-state index in [1.54, 1.807) is 37.4 Å². The Kier molecular flexibility index (Phi) is 6.58. The number of rotatable bonds is 4. The van der Waals surface area contributed by atoms with E-state index in [1.165, 1.54) is 19.2 Å². The molecule has 0 radical (unpaired) electrons. The van der Waals surface area contributed by atoms with Gasteiger partial charge in [-0.1, -0.05) is 5.16 Å². The molecule has 1 amide bonds. The molecule has 0 saturated heterocycles. The molecule has 3 aromatic rings. The van der Waals surface area contributed by atoms with Crippen LogP contribution in [0.25, 0.3) is 11.4 Å². The molecule has 10 heteroatoms. The van der Waals surface area contributed by atoms with E-state index in [4.69, 9.17) is 4.52 Å². The van der Waals surface area contributed by atoms with Crippen LogP contribution in [0.4, 0.5) is 14.9 Å². The number of thioether (sulfide) groups is 1. The van der Waals surface area contributed by atoms with E-state index in [0.717, 1.165) is 17.8 Å². The number of methoxy groups -OCH3 is 1. The zero-order valence-corrected chi connectivity index (χ0v) is 17.1. The number of hydrogen-bond donors (Lipinski definition) is 1. The number of aromatic nitrogens is 2. The molecule has 0 fully saturated rings. The molecule has 0 aliphatic rings. The van der Waals surface area contributed by atoms with E-state index in [-0.39, 0.29) is 22.1 Å². The molecule has 3 rings (SSSR count). The van der Waals surface area contributed by atoms with Crippen molar-refractivity contribution < 1.29 is 23.6 Å². The summed E-state index contributed by atoms with van der Waals surface area (Å²) in [6.07, 6.45) is 0.815. The summed E-state index contributed by atoms with van der Waals surface area (Å²) < 4.78 is 24.1. The molecule has 0 atom stereocenters. The highest BCUT2D eigenvalue weighted by Crippen LogP contribution is 2.25. The molecule has 0 unspecified atom stereocenters. The third-order valence-corrected chi connectivity index (χ3v) is 4.53. The van der Waals surface area contributed by atoms with E-state index in [1.807, 2.05) is 0 Å². The van der Waals surface area contributed by atoms with Crippen molar-refractivity contribution in [3.63, 3.8) is 0 Å². The Labute approximate surface area is 175 Å². The first kappa shape index (κ1) is 21.2. The number of phenols is 1. The number of phenolic OH excluding ortho intramolecular Hbond substituents is 1. The van der Waals surface area contributed by atoms with Crippen LogP contribution in [0.1, 0.15) is 11.5 Å². The number of nitrogens with zero attached hydrogens (tertiary/aromatic N) is 4. The number of ether oxygens (including phenoxy) is 1. The highest BCUT2D eigenvalue weighted by Gasteiger charge is 2.18. The molecule has 0 aliphatic carbocycles. The summed E-state index contributed by atoms with van der Waals surface area (Å²) in [6.45, 7) is 1.69. The lowest BCUT2D eigenvalue weighted by Crippen LogP contribution is -2.16. The molecule has 0 saturated carbocycles. The number of aromatic hydroxyl groups is 1. The first-order chi connectivity index (χ1) is 14.4. The van der Waals surface area contributed by atoms with E-state index in [2.05, 4.69) is 24.9 Å². The Balaban J connectivity index is 2.09. The predicted octanol–water partition coefficient (Wildman–Crippen LogP) is 4.54. The summed E-state index contributed by atoms with van der Waals surface area (Å²) in [6, 6.07) is 10.4. The van der Waals surface area contributed by atoms with Crippen molar-refractivity contribution in [1.29, 1.82) is 0 Å². The smallest absolute Gasteiger partial charge is 0.434 e. The average Bonchev–Trinajstić information content (AvgIpc) is 3.19. The van der Waals surface area contributed by atoms with Crippen LogP contribution in [0.15, 0.2) is 57.0 Å². The monoisotopic (exact) mass is 428 g/mol. The van der Waals surface area contributed by atoms with Crippen molar-refractivity contribution in [2.45, 2.75) is 6.92 Å². The zero-order chi connectivity index (χ0) is 21.7. The molecule has 154 valence electrons. The second kappa shape index (κ2) is 9.31. The third kappa shape index (κ3) is 4.90. The van der Waals surface area contributed by atoms with E-state index in [9.17, 15) is 14.3 Å². The number of carbonyl (C=O) groups excluding carboxylic acids is 1. The molecule has 8 nitrogen and oxygen atoms in total. The molecule has 1 aromatic heterocycles. The first-order valence-electron chi connectivity index (χ1n) is 8.60. The van der Waals surface area contributed by atoms with Crippen molar-refractivity contribution in [1.82, 2.24) is 10.1 Å². The Morgan fingerprint density at radius 3 is 2.57 bits per heavy atom. The lowest BCUT2D eigenvalue weighted by molar-refractivity contribution is 0.183. The molecule has 1 N–H and O–H groups in total. The molecular formula is C20H17FN4O4S. The molecule has 30 heavy (non-hydrogen) atoms. The normalized spacial score (nSPS) is 12.1. The van der Waals surface area contributed by atoms with E-state index >= 15 is 0 Å². The van der Waals surface area contributed by atoms with Gasteiger partial charge in [-0.05, 0) is 48.7 Å². The van der Waals surface area contributed by atoms with Crippen LogP contribution in [-0.2, 0) is 4.74 Å². The van der Waals surface area contributed by atoms with Gasteiger partial charge in [-0.2, -0.15) is 9.98 Å². The SMILES string of the molecule is COC(=O)/N=C(\SC)C(=Nc1ccc(-c2noc(C)n2)cc1)c1cc(O)ccc1F. The van der Waals surface area contributed by atoms with Crippen molar-refractivity contribution in [2.75, 3.05) is 13.4 Å². The number of aliphatic imine (C=N–C) groups is 2. The van der Waals surface area contributed by atoms with Crippen LogP contribution < -0.4 is 0 Å². The number of benzene rings is 2. The van der Waals surface area contributed by atoms with Gasteiger partial charge in [0, 0.05) is 18.1 Å². The summed E-state index contributed by atoms with van der Waals surface area (Å²) in [5, 5.41) is 13.8. The highest BCUT2D eigenvalue weighted by molar-refractivity contribution is 8.15. The fourth-order valence-corrected chi connectivity index (χ4v) is 2.99. The topological polar surface area (TPSA) is 110 Å². The van der Waals surface area contributed by atoms with Gasteiger partial charge in [0.2, 0.25) is 11.7 Å². The number of hydrogen-bond acceptors (Lipinski definition) is 8. The zero-order valence-electron chi connectivity index (χ0n) is 16.3. The number of halogens is 1. The minimum Gasteiger partial charge on any atom is -0.508 e. The summed E-state index contributed by atoms with van der Waals surface area (Å²) in [5.41, 5.74) is 1.24. The van der Waals surface area contributed by atoms with Crippen LogP contribution in [0, 0.1) is 12.7 Å². The second-order valence-electron chi connectivity index (χ2n) is 5.90. The van der Waals surface area contributed by atoms with Gasteiger partial charge in [-0.25, -0.2) is 14.2 Å². The van der Waals surface area contributed by atoms with Crippen molar-refractivity contribution in [3.8, 4) is 17.1 Å². The van der Waals surface area contributed by atoms with Gasteiger partial charge < -0.3 is 14.4 Å². The maximum absolute atomic E-state index is 14.5. The number of carbonyl (C=O) groups is 1. The standard InChI is InChI=1S/C20H17FN4O4S/c1-11-22-18(25-29-11)12-4-6-13(7-5-12)23-17(19(30-3)24-20(27)28-2)15-10-14(26)8-9-16(15)21/h4-10,26H,1-3H3/b23-17?,24-19-. The fraction of sp³-hybridized carbons (Fsp3) is 0.150. The van der Waals surface area contributed by atoms with Crippen LogP contribution in [0.5, 0.6) is 5.75 Å². The first-order valence-corrected chi connectivity index (χ1v) is 9.83. The minimum atomic E-state index is -0.851. The quantitative estimate of drug-likeness (QED) is 0.480. The second-order valence-corrected chi connectivity index (χ2v) is 6.69. The average molecular weight is 428 g/mol. The van der Waals surface area contributed by atoms with Gasteiger partial charge in [0.05, 0.1) is 12.8 Å². The van der Waals surface area contributed by atoms with Gasteiger partial charge in [0.1, 0.15) is 22.3 Å². The van der Waals surface area contributed by atoms with Crippen molar-refractivity contribution >= 4 is 34.3 Å². The van der Waals surface area contributed by atoms with Crippen LogP contribution >= 0.6 is 11.8 Å². The van der Waals surface area contributed by atoms with E-state index in [0.29, 0.717) is 23.0 Å². The molecule has 0 bridgehead atoms. The van der Waals surface area contributed by atoms with Gasteiger partial charge in [0.25, 0.3) is 0 Å². The third-order valence-electron chi connectivity index (χ3n) is 3.86.